The SMILES string of the molecule is CCNCC(N)NCC. The van der Waals surface area contributed by atoms with Crippen LogP contribution in [0.5, 0.6) is 0 Å². The minimum absolute atomic E-state index is 0.106. The van der Waals surface area contributed by atoms with Crippen LogP contribution in [0.1, 0.15) is 13.8 Å². The van der Waals surface area contributed by atoms with Gasteiger partial charge in [0.15, 0.2) is 0 Å². The van der Waals surface area contributed by atoms with Crippen LogP contribution in [0, 0.1) is 0 Å². The van der Waals surface area contributed by atoms with E-state index in [0.717, 1.165) is 19.6 Å². The van der Waals surface area contributed by atoms with Crippen LogP contribution in [0.15, 0.2) is 0 Å². The van der Waals surface area contributed by atoms with Gasteiger partial charge in [-0.25, -0.2) is 0 Å². The van der Waals surface area contributed by atoms with Crippen molar-refractivity contribution in [3.63, 3.8) is 0 Å². The quantitative estimate of drug-likeness (QED) is 0.440. The molecule has 56 valence electrons. The highest BCUT2D eigenvalue weighted by Gasteiger charge is 1.94. The molecule has 0 aliphatic rings. The van der Waals surface area contributed by atoms with E-state index in [1.807, 2.05) is 6.92 Å². The van der Waals surface area contributed by atoms with Gasteiger partial charge in [0.05, 0.1) is 6.17 Å². The van der Waals surface area contributed by atoms with Crippen LogP contribution in [0.4, 0.5) is 0 Å². The zero-order valence-electron chi connectivity index (χ0n) is 6.28. The summed E-state index contributed by atoms with van der Waals surface area (Å²) < 4.78 is 0. The van der Waals surface area contributed by atoms with Crippen molar-refractivity contribution in [3.8, 4) is 0 Å². The second-order valence-electron chi connectivity index (χ2n) is 1.97. The van der Waals surface area contributed by atoms with E-state index in [1.165, 1.54) is 0 Å². The number of likely N-dealkylation sites (N-methyl/N-ethyl adjacent to an activating group) is 2. The molecule has 0 amide bonds. The van der Waals surface area contributed by atoms with E-state index in [-0.39, 0.29) is 6.17 Å². The number of nitrogens with two attached hydrogens (primary N) is 1. The second kappa shape index (κ2) is 6.01. The highest BCUT2D eigenvalue weighted by Crippen LogP contribution is 1.66. The smallest absolute Gasteiger partial charge is 0.0674 e. The molecule has 0 aliphatic carbocycles. The molecule has 1 unspecified atom stereocenters. The Morgan fingerprint density at radius 2 is 2.00 bits per heavy atom. The van der Waals surface area contributed by atoms with E-state index in [9.17, 15) is 0 Å². The summed E-state index contributed by atoms with van der Waals surface area (Å²) in [5, 5.41) is 6.24. The van der Waals surface area contributed by atoms with Crippen molar-refractivity contribution in [2.24, 2.45) is 5.73 Å². The lowest BCUT2D eigenvalue weighted by molar-refractivity contribution is 0.505. The summed E-state index contributed by atoms with van der Waals surface area (Å²) in [6, 6.07) is 0. The van der Waals surface area contributed by atoms with Crippen LogP contribution >= 0.6 is 0 Å². The Hall–Kier alpha value is -0.120. The first-order valence-corrected chi connectivity index (χ1v) is 3.51. The van der Waals surface area contributed by atoms with Crippen LogP contribution in [0.2, 0.25) is 0 Å². The number of nitrogens with one attached hydrogen (secondary N) is 2. The Labute approximate surface area is 57.0 Å². The molecule has 0 aromatic rings. The summed E-state index contributed by atoms with van der Waals surface area (Å²) >= 11 is 0. The van der Waals surface area contributed by atoms with Crippen molar-refractivity contribution in [1.29, 1.82) is 0 Å². The molecule has 0 bridgehead atoms. The maximum absolute atomic E-state index is 5.60. The maximum atomic E-state index is 5.60. The number of rotatable bonds is 5. The van der Waals surface area contributed by atoms with E-state index in [4.69, 9.17) is 5.73 Å². The van der Waals surface area contributed by atoms with Crippen molar-refractivity contribution in [2.45, 2.75) is 20.0 Å². The third-order valence-electron chi connectivity index (χ3n) is 1.08. The molecule has 0 aromatic carbocycles. The molecule has 1 atom stereocenters. The predicted octanol–water partition coefficient (Wildman–Crippen LogP) is -0.510. The molecule has 0 rings (SSSR count). The summed E-state index contributed by atoms with van der Waals surface area (Å²) in [7, 11) is 0. The fraction of sp³-hybridized carbons (Fsp3) is 1.00. The van der Waals surface area contributed by atoms with E-state index in [1.54, 1.807) is 0 Å². The van der Waals surface area contributed by atoms with Crippen LogP contribution in [-0.4, -0.2) is 25.8 Å². The molecule has 0 radical (unpaired) electrons. The number of hydrogen-bond donors (Lipinski definition) is 3. The average Bonchev–Trinajstić information content (AvgIpc) is 1.85. The van der Waals surface area contributed by atoms with Gasteiger partial charge >= 0.3 is 0 Å². The van der Waals surface area contributed by atoms with Crippen molar-refractivity contribution in [2.75, 3.05) is 19.6 Å². The van der Waals surface area contributed by atoms with Gasteiger partial charge in [0.2, 0.25) is 0 Å². The molecular formula is C6H17N3. The topological polar surface area (TPSA) is 50.1 Å². The fourth-order valence-electron chi connectivity index (χ4n) is 0.634. The first-order chi connectivity index (χ1) is 4.31. The highest BCUT2D eigenvalue weighted by atomic mass is 15.1. The summed E-state index contributed by atoms with van der Waals surface area (Å²) in [6.07, 6.45) is 0.106. The first kappa shape index (κ1) is 8.88. The minimum atomic E-state index is 0.106. The minimum Gasteiger partial charge on any atom is -0.315 e. The Morgan fingerprint density at radius 1 is 1.33 bits per heavy atom. The maximum Gasteiger partial charge on any atom is 0.0674 e. The zero-order chi connectivity index (χ0) is 7.11. The molecule has 0 spiro atoms. The molecule has 4 N–H and O–H groups in total. The summed E-state index contributed by atoms with van der Waals surface area (Å²) in [5.41, 5.74) is 5.60. The van der Waals surface area contributed by atoms with Crippen molar-refractivity contribution < 1.29 is 0 Å². The van der Waals surface area contributed by atoms with Gasteiger partial charge < -0.3 is 16.4 Å². The molecule has 0 heterocycles. The molecular weight excluding hydrogens is 114 g/mol. The molecule has 9 heavy (non-hydrogen) atoms. The van der Waals surface area contributed by atoms with Gasteiger partial charge in [-0.1, -0.05) is 13.8 Å². The molecule has 0 aliphatic heterocycles. The van der Waals surface area contributed by atoms with E-state index in [0.29, 0.717) is 0 Å². The Balaban J connectivity index is 2.95. The van der Waals surface area contributed by atoms with Crippen molar-refractivity contribution in [1.82, 2.24) is 10.6 Å². The van der Waals surface area contributed by atoms with Gasteiger partial charge in [0.1, 0.15) is 0 Å². The van der Waals surface area contributed by atoms with Gasteiger partial charge in [0.25, 0.3) is 0 Å². The monoisotopic (exact) mass is 131 g/mol. The van der Waals surface area contributed by atoms with Crippen LogP contribution < -0.4 is 16.4 Å². The molecule has 3 heteroatoms. The van der Waals surface area contributed by atoms with Crippen LogP contribution in [0.25, 0.3) is 0 Å². The highest BCUT2D eigenvalue weighted by molar-refractivity contribution is 4.58. The van der Waals surface area contributed by atoms with Crippen LogP contribution in [-0.2, 0) is 0 Å². The predicted molar refractivity (Wildman–Crippen MR) is 40.2 cm³/mol. The zero-order valence-corrected chi connectivity index (χ0v) is 6.28. The van der Waals surface area contributed by atoms with Crippen molar-refractivity contribution >= 4 is 0 Å². The summed E-state index contributed by atoms with van der Waals surface area (Å²) in [5.74, 6) is 0. The second-order valence-corrected chi connectivity index (χ2v) is 1.97. The number of hydrogen-bond acceptors (Lipinski definition) is 3. The summed E-state index contributed by atoms with van der Waals surface area (Å²) in [6.45, 7) is 6.89. The first-order valence-electron chi connectivity index (χ1n) is 3.51. The Bertz CT molecular complexity index is 56.3. The fourth-order valence-corrected chi connectivity index (χ4v) is 0.634. The molecule has 0 aromatic heterocycles. The Morgan fingerprint density at radius 3 is 2.44 bits per heavy atom. The summed E-state index contributed by atoms with van der Waals surface area (Å²) in [4.78, 5) is 0. The van der Waals surface area contributed by atoms with Gasteiger partial charge in [-0.2, -0.15) is 0 Å². The standard InChI is InChI=1S/C6H17N3/c1-3-8-5-6(7)9-4-2/h6,8-9H,3-5,7H2,1-2H3. The lowest BCUT2D eigenvalue weighted by Gasteiger charge is -2.11. The van der Waals surface area contributed by atoms with Gasteiger partial charge in [-0.3, -0.25) is 0 Å². The average molecular weight is 131 g/mol. The van der Waals surface area contributed by atoms with Gasteiger partial charge in [-0.05, 0) is 13.1 Å². The third kappa shape index (κ3) is 5.76. The van der Waals surface area contributed by atoms with Gasteiger partial charge in [-0.15, -0.1) is 0 Å². The molecule has 0 saturated heterocycles. The van der Waals surface area contributed by atoms with E-state index in [2.05, 4.69) is 17.6 Å². The van der Waals surface area contributed by atoms with E-state index < -0.39 is 0 Å². The normalized spacial score (nSPS) is 13.7. The van der Waals surface area contributed by atoms with Crippen molar-refractivity contribution in [3.05, 3.63) is 0 Å². The van der Waals surface area contributed by atoms with Gasteiger partial charge in [0, 0.05) is 6.54 Å². The molecule has 3 nitrogen and oxygen atoms in total. The molecule has 0 fully saturated rings. The lowest BCUT2D eigenvalue weighted by Crippen LogP contribution is -2.45. The molecule has 0 saturated carbocycles. The largest absolute Gasteiger partial charge is 0.315 e. The third-order valence-corrected chi connectivity index (χ3v) is 1.08. The van der Waals surface area contributed by atoms with E-state index >= 15 is 0 Å². The lowest BCUT2D eigenvalue weighted by atomic mass is 10.5. The van der Waals surface area contributed by atoms with Crippen LogP contribution in [0.3, 0.4) is 0 Å². The Kier molecular flexibility index (Phi) is 5.93.